The van der Waals surface area contributed by atoms with Gasteiger partial charge in [-0.1, -0.05) is 12.2 Å². The number of nitrogen functional groups attached to an aromatic ring is 1. The number of carbonyl (C=O) groups is 1. The summed E-state index contributed by atoms with van der Waals surface area (Å²) in [6.45, 7) is -0.178. The number of aromatic nitrogens is 2. The van der Waals surface area contributed by atoms with Gasteiger partial charge in [-0.3, -0.25) is 4.79 Å². The number of ether oxygens (including phenoxy) is 1. The smallest absolute Gasteiger partial charge is 0.271 e. The minimum atomic E-state index is -3.23. The first-order valence-electron chi connectivity index (χ1n) is 7.09. The van der Waals surface area contributed by atoms with Crippen LogP contribution in [0.15, 0.2) is 12.2 Å². The van der Waals surface area contributed by atoms with Crippen molar-refractivity contribution >= 4 is 11.9 Å². The summed E-state index contributed by atoms with van der Waals surface area (Å²) >= 11 is 0. The van der Waals surface area contributed by atoms with E-state index in [2.05, 4.69) is 9.97 Å². The summed E-state index contributed by atoms with van der Waals surface area (Å²) in [7, 11) is 1.30. The van der Waals surface area contributed by atoms with Crippen molar-refractivity contribution in [1.29, 1.82) is 0 Å². The van der Waals surface area contributed by atoms with E-state index in [-0.39, 0.29) is 36.1 Å². The van der Waals surface area contributed by atoms with E-state index in [1.54, 1.807) is 0 Å². The van der Waals surface area contributed by atoms with E-state index in [0.717, 1.165) is 4.90 Å². The summed E-state index contributed by atoms with van der Waals surface area (Å²) in [6.07, 6.45) is 0.994. The summed E-state index contributed by atoms with van der Waals surface area (Å²) in [6, 6.07) is -1.67. The van der Waals surface area contributed by atoms with Gasteiger partial charge in [0.15, 0.2) is 0 Å². The van der Waals surface area contributed by atoms with E-state index < -0.39 is 30.4 Å². The van der Waals surface area contributed by atoms with Crippen molar-refractivity contribution in [1.82, 2.24) is 14.9 Å². The molecule has 0 saturated carbocycles. The zero-order valence-electron chi connectivity index (χ0n) is 12.4. The fraction of sp³-hybridized carbons (Fsp3) is 0.500. The number of nitrogens with two attached hydrogens (primary N) is 1. The Labute approximate surface area is 130 Å². The van der Waals surface area contributed by atoms with Crippen LogP contribution < -0.4 is 10.5 Å². The van der Waals surface area contributed by atoms with Gasteiger partial charge in [0.25, 0.3) is 11.8 Å². The van der Waals surface area contributed by atoms with Crippen molar-refractivity contribution in [3.05, 3.63) is 23.4 Å². The van der Waals surface area contributed by atoms with E-state index in [1.165, 1.54) is 19.3 Å². The average molecular weight is 326 g/mol. The Bertz CT molecular complexity index is 680. The highest BCUT2D eigenvalue weighted by atomic mass is 19.3. The minimum Gasteiger partial charge on any atom is -0.480 e. The summed E-state index contributed by atoms with van der Waals surface area (Å²) in [5.74, 6) is -4.09. The molecule has 1 aromatic heterocycles. The van der Waals surface area contributed by atoms with Gasteiger partial charge in [0.05, 0.1) is 25.5 Å². The van der Waals surface area contributed by atoms with Gasteiger partial charge >= 0.3 is 0 Å². The number of methoxy groups -OCH3 is 1. The molecule has 124 valence electrons. The summed E-state index contributed by atoms with van der Waals surface area (Å²) in [4.78, 5) is 21.2. The van der Waals surface area contributed by atoms with Gasteiger partial charge < -0.3 is 20.5 Å². The van der Waals surface area contributed by atoms with Crippen LogP contribution in [0.2, 0.25) is 0 Å². The van der Waals surface area contributed by atoms with Gasteiger partial charge in [-0.25, -0.2) is 13.8 Å². The predicted octanol–water partition coefficient (Wildman–Crippen LogP) is 0.738. The molecule has 0 fully saturated rings. The van der Waals surface area contributed by atoms with Crippen LogP contribution in [0.4, 0.5) is 14.7 Å². The molecule has 0 spiro atoms. The number of anilines is 1. The molecule has 1 aliphatic carbocycles. The van der Waals surface area contributed by atoms with Crippen molar-refractivity contribution in [3.8, 4) is 5.88 Å². The Hall–Kier alpha value is -2.29. The molecule has 0 aromatic carbocycles. The van der Waals surface area contributed by atoms with Gasteiger partial charge in [0.2, 0.25) is 11.8 Å². The highest BCUT2D eigenvalue weighted by Gasteiger charge is 2.51. The maximum Gasteiger partial charge on any atom is 0.271 e. The predicted molar refractivity (Wildman–Crippen MR) is 76.0 cm³/mol. The Morgan fingerprint density at radius 1 is 1.48 bits per heavy atom. The first-order chi connectivity index (χ1) is 10.8. The Balaban J connectivity index is 2.02. The molecule has 23 heavy (non-hydrogen) atoms. The number of rotatable bonds is 2. The lowest BCUT2D eigenvalue weighted by atomic mass is 10.0. The van der Waals surface area contributed by atoms with Crippen LogP contribution >= 0.6 is 0 Å². The number of nitrogens with zero attached hydrogens (tertiary/aromatic N) is 3. The maximum absolute atomic E-state index is 14.4. The number of hydrogen-bond donors (Lipinski definition) is 2. The molecular weight excluding hydrogens is 310 g/mol. The molecule has 0 radical (unpaired) electrons. The third-order valence-electron chi connectivity index (χ3n) is 4.03. The van der Waals surface area contributed by atoms with Crippen LogP contribution in [0.25, 0.3) is 0 Å². The zero-order chi connectivity index (χ0) is 16.8. The number of fused-ring (bicyclic) bond motifs is 1. The van der Waals surface area contributed by atoms with E-state index in [9.17, 15) is 18.7 Å². The number of aliphatic hydroxyl groups is 1. The third kappa shape index (κ3) is 2.50. The van der Waals surface area contributed by atoms with Crippen molar-refractivity contribution in [2.24, 2.45) is 0 Å². The van der Waals surface area contributed by atoms with Crippen molar-refractivity contribution < 1.29 is 23.4 Å². The van der Waals surface area contributed by atoms with Crippen LogP contribution in [0.3, 0.4) is 0 Å². The lowest BCUT2D eigenvalue weighted by Crippen LogP contribution is -2.53. The quantitative estimate of drug-likeness (QED) is 0.777. The standard InChI is InChI=1S/C14H16F2N4O3/c1-23-11-9-7(18-13(17)19-11)6-20(12(9)22)10-8(21)4-2-3-5-14(10,15)16/h2,4,8,10,21H,3,5-6H2,1H3,(H2,17,18,19)/t8-,10-/m0/s1. The number of hydrogen-bond acceptors (Lipinski definition) is 6. The summed E-state index contributed by atoms with van der Waals surface area (Å²) < 4.78 is 33.8. The van der Waals surface area contributed by atoms with E-state index >= 15 is 0 Å². The molecule has 3 rings (SSSR count). The number of allylic oxidation sites excluding steroid dienone is 1. The molecule has 2 heterocycles. The van der Waals surface area contributed by atoms with Crippen molar-refractivity contribution in [2.45, 2.75) is 37.5 Å². The third-order valence-corrected chi connectivity index (χ3v) is 4.03. The number of halogens is 2. The van der Waals surface area contributed by atoms with Gasteiger partial charge in [0.1, 0.15) is 11.6 Å². The lowest BCUT2D eigenvalue weighted by Gasteiger charge is -2.35. The molecule has 1 amide bonds. The second-order valence-electron chi connectivity index (χ2n) is 5.51. The normalized spacial score (nSPS) is 26.1. The minimum absolute atomic E-state index is 0.0120. The molecular formula is C14H16F2N4O3. The molecule has 1 aromatic rings. The Morgan fingerprint density at radius 3 is 2.91 bits per heavy atom. The molecule has 0 saturated heterocycles. The number of aliphatic hydroxyl groups excluding tert-OH is 1. The number of alkyl halides is 2. The molecule has 2 atom stereocenters. The fourth-order valence-corrected chi connectivity index (χ4v) is 3.01. The second kappa shape index (κ2) is 5.41. The van der Waals surface area contributed by atoms with Crippen molar-refractivity contribution in [3.63, 3.8) is 0 Å². The first kappa shape index (κ1) is 15.6. The molecule has 3 N–H and O–H groups in total. The molecule has 7 nitrogen and oxygen atoms in total. The highest BCUT2D eigenvalue weighted by Crippen LogP contribution is 2.38. The van der Waals surface area contributed by atoms with Gasteiger partial charge in [-0.05, 0) is 6.42 Å². The van der Waals surface area contributed by atoms with Gasteiger partial charge in [0, 0.05) is 6.42 Å². The monoisotopic (exact) mass is 326 g/mol. The van der Waals surface area contributed by atoms with E-state index in [1.807, 2.05) is 0 Å². The van der Waals surface area contributed by atoms with Gasteiger partial charge in [-0.15, -0.1) is 0 Å². The Morgan fingerprint density at radius 2 is 2.22 bits per heavy atom. The molecule has 9 heteroatoms. The molecule has 1 aliphatic heterocycles. The maximum atomic E-state index is 14.4. The van der Waals surface area contributed by atoms with E-state index in [0.29, 0.717) is 0 Å². The van der Waals surface area contributed by atoms with Crippen LogP contribution in [0, 0.1) is 0 Å². The second-order valence-corrected chi connectivity index (χ2v) is 5.51. The highest BCUT2D eigenvalue weighted by molar-refractivity contribution is 6.00. The zero-order valence-corrected chi connectivity index (χ0v) is 12.4. The Kier molecular flexibility index (Phi) is 3.67. The topological polar surface area (TPSA) is 102 Å². The van der Waals surface area contributed by atoms with Gasteiger partial charge in [-0.2, -0.15) is 4.98 Å². The van der Waals surface area contributed by atoms with Crippen LogP contribution in [-0.4, -0.2) is 51.1 Å². The summed E-state index contributed by atoms with van der Waals surface area (Å²) in [5, 5.41) is 10.1. The number of carbonyl (C=O) groups excluding carboxylic acids is 1. The lowest BCUT2D eigenvalue weighted by molar-refractivity contribution is -0.106. The van der Waals surface area contributed by atoms with E-state index in [4.69, 9.17) is 10.5 Å². The van der Waals surface area contributed by atoms with Crippen molar-refractivity contribution in [2.75, 3.05) is 12.8 Å². The molecule has 2 aliphatic rings. The fourth-order valence-electron chi connectivity index (χ4n) is 3.01. The average Bonchev–Trinajstić information content (AvgIpc) is 2.71. The first-order valence-corrected chi connectivity index (χ1v) is 7.09. The summed E-state index contributed by atoms with van der Waals surface area (Å²) in [5.41, 5.74) is 5.77. The SMILES string of the molecule is COc1nc(N)nc2c1C(=O)N([C@H]1[C@@H](O)C=CCCC1(F)F)C2. The van der Waals surface area contributed by atoms with Crippen LogP contribution in [0.1, 0.15) is 28.9 Å². The largest absolute Gasteiger partial charge is 0.480 e. The molecule has 0 unspecified atom stereocenters. The van der Waals surface area contributed by atoms with Crippen LogP contribution in [-0.2, 0) is 6.54 Å². The van der Waals surface area contributed by atoms with Crippen LogP contribution in [0.5, 0.6) is 5.88 Å². The number of amides is 1. The molecule has 0 bridgehead atoms.